The van der Waals surface area contributed by atoms with Crippen LogP contribution in [0.2, 0.25) is 0 Å². The second kappa shape index (κ2) is 6.55. The van der Waals surface area contributed by atoms with Gasteiger partial charge in [0.25, 0.3) is 0 Å². The minimum absolute atomic E-state index is 0.0647. The van der Waals surface area contributed by atoms with Crippen LogP contribution in [0.3, 0.4) is 0 Å². The van der Waals surface area contributed by atoms with E-state index < -0.39 is 5.91 Å². The van der Waals surface area contributed by atoms with Crippen LogP contribution in [0.15, 0.2) is 0 Å². The standard InChI is InChI=1S/C13H22N6O2/c1-8(2)21-13-17-11(15)16-12(18-13)19(7-10(14)20)9-5-3-4-6-9/h8-9H,3-7H2,1-2H3,(H2,14,20)(H2,15,16,17,18). The summed E-state index contributed by atoms with van der Waals surface area (Å²) in [5, 5.41) is 0. The fourth-order valence-electron chi connectivity index (χ4n) is 2.50. The molecule has 1 aliphatic carbocycles. The zero-order valence-electron chi connectivity index (χ0n) is 12.5. The number of carbonyl (C=O) groups excluding carboxylic acids is 1. The van der Waals surface area contributed by atoms with Crippen LogP contribution < -0.4 is 21.1 Å². The fraction of sp³-hybridized carbons (Fsp3) is 0.692. The van der Waals surface area contributed by atoms with E-state index in [1.807, 2.05) is 13.8 Å². The first-order valence-electron chi connectivity index (χ1n) is 7.19. The van der Waals surface area contributed by atoms with E-state index in [0.29, 0.717) is 5.95 Å². The van der Waals surface area contributed by atoms with Gasteiger partial charge in [0.1, 0.15) is 0 Å². The highest BCUT2D eigenvalue weighted by Crippen LogP contribution is 2.27. The van der Waals surface area contributed by atoms with Crippen LogP contribution in [0.1, 0.15) is 39.5 Å². The van der Waals surface area contributed by atoms with E-state index in [4.69, 9.17) is 16.2 Å². The molecule has 0 spiro atoms. The van der Waals surface area contributed by atoms with Crippen molar-refractivity contribution in [1.82, 2.24) is 15.0 Å². The molecule has 116 valence electrons. The highest BCUT2D eigenvalue weighted by molar-refractivity contribution is 5.79. The Morgan fingerprint density at radius 1 is 1.33 bits per heavy atom. The molecule has 0 aromatic carbocycles. The lowest BCUT2D eigenvalue weighted by molar-refractivity contribution is -0.116. The molecule has 0 unspecified atom stereocenters. The number of nitrogen functional groups attached to an aromatic ring is 1. The molecule has 1 saturated carbocycles. The largest absolute Gasteiger partial charge is 0.461 e. The molecule has 8 nitrogen and oxygen atoms in total. The zero-order chi connectivity index (χ0) is 15.4. The molecule has 0 aliphatic heterocycles. The van der Waals surface area contributed by atoms with Gasteiger partial charge in [-0.15, -0.1) is 0 Å². The maximum atomic E-state index is 11.3. The number of ether oxygens (including phenoxy) is 1. The first kappa shape index (κ1) is 15.3. The number of amides is 1. The van der Waals surface area contributed by atoms with E-state index in [9.17, 15) is 4.79 Å². The SMILES string of the molecule is CC(C)Oc1nc(N)nc(N(CC(N)=O)C2CCCC2)n1. The number of hydrogen-bond donors (Lipinski definition) is 2. The number of anilines is 2. The fourth-order valence-corrected chi connectivity index (χ4v) is 2.50. The van der Waals surface area contributed by atoms with Crippen LogP contribution in [0.5, 0.6) is 6.01 Å². The molecule has 0 saturated heterocycles. The van der Waals surface area contributed by atoms with Crippen molar-refractivity contribution in [1.29, 1.82) is 0 Å². The Labute approximate surface area is 123 Å². The minimum atomic E-state index is -0.424. The van der Waals surface area contributed by atoms with Crippen molar-refractivity contribution in [3.05, 3.63) is 0 Å². The summed E-state index contributed by atoms with van der Waals surface area (Å²) in [6, 6.07) is 0.367. The molecule has 2 rings (SSSR count). The van der Waals surface area contributed by atoms with E-state index in [1.165, 1.54) is 0 Å². The van der Waals surface area contributed by atoms with Gasteiger partial charge in [-0.05, 0) is 26.7 Å². The molecule has 1 aromatic heterocycles. The van der Waals surface area contributed by atoms with Gasteiger partial charge in [-0.25, -0.2) is 0 Å². The quantitative estimate of drug-likeness (QED) is 0.782. The number of carbonyl (C=O) groups is 1. The number of nitrogens with two attached hydrogens (primary N) is 2. The van der Waals surface area contributed by atoms with Crippen LogP contribution in [0, 0.1) is 0 Å². The molecular weight excluding hydrogens is 272 g/mol. The Balaban J connectivity index is 2.29. The van der Waals surface area contributed by atoms with Gasteiger partial charge in [0.15, 0.2) is 0 Å². The average molecular weight is 294 g/mol. The van der Waals surface area contributed by atoms with Gasteiger partial charge >= 0.3 is 6.01 Å². The van der Waals surface area contributed by atoms with Crippen molar-refractivity contribution in [2.45, 2.75) is 51.7 Å². The van der Waals surface area contributed by atoms with Crippen molar-refractivity contribution in [2.75, 3.05) is 17.2 Å². The summed E-state index contributed by atoms with van der Waals surface area (Å²) in [7, 11) is 0. The summed E-state index contributed by atoms with van der Waals surface area (Å²) in [4.78, 5) is 25.5. The van der Waals surface area contributed by atoms with Crippen molar-refractivity contribution < 1.29 is 9.53 Å². The van der Waals surface area contributed by atoms with Gasteiger partial charge in [-0.3, -0.25) is 4.79 Å². The monoisotopic (exact) mass is 294 g/mol. The molecular formula is C13H22N6O2. The van der Waals surface area contributed by atoms with Gasteiger partial charge in [-0.2, -0.15) is 15.0 Å². The maximum Gasteiger partial charge on any atom is 0.323 e. The predicted octanol–water partition coefficient (Wildman–Crippen LogP) is 0.475. The van der Waals surface area contributed by atoms with E-state index in [2.05, 4.69) is 15.0 Å². The second-order valence-corrected chi connectivity index (χ2v) is 5.48. The molecule has 1 heterocycles. The molecule has 1 aromatic rings. The molecule has 1 amide bonds. The summed E-state index contributed by atoms with van der Waals surface area (Å²) < 4.78 is 5.47. The normalized spacial score (nSPS) is 15.4. The second-order valence-electron chi connectivity index (χ2n) is 5.48. The highest BCUT2D eigenvalue weighted by atomic mass is 16.5. The minimum Gasteiger partial charge on any atom is -0.461 e. The molecule has 0 bridgehead atoms. The molecule has 0 radical (unpaired) electrons. The van der Waals surface area contributed by atoms with E-state index >= 15 is 0 Å². The van der Waals surface area contributed by atoms with Gasteiger partial charge in [0, 0.05) is 6.04 Å². The first-order chi connectivity index (χ1) is 9.95. The Bertz CT molecular complexity index is 501. The Morgan fingerprint density at radius 3 is 2.57 bits per heavy atom. The van der Waals surface area contributed by atoms with Crippen LogP contribution in [0.25, 0.3) is 0 Å². The van der Waals surface area contributed by atoms with Gasteiger partial charge in [-0.1, -0.05) is 12.8 Å². The van der Waals surface area contributed by atoms with E-state index in [0.717, 1.165) is 25.7 Å². The Hall–Kier alpha value is -2.12. The summed E-state index contributed by atoms with van der Waals surface area (Å²) in [5.74, 6) is -0.000760. The smallest absolute Gasteiger partial charge is 0.323 e. The molecule has 4 N–H and O–H groups in total. The van der Waals surface area contributed by atoms with Crippen molar-refractivity contribution in [3.63, 3.8) is 0 Å². The number of aromatic nitrogens is 3. The maximum absolute atomic E-state index is 11.3. The Kier molecular flexibility index (Phi) is 4.77. The van der Waals surface area contributed by atoms with Crippen LogP contribution in [-0.2, 0) is 4.79 Å². The first-order valence-corrected chi connectivity index (χ1v) is 7.19. The van der Waals surface area contributed by atoms with Crippen molar-refractivity contribution >= 4 is 17.8 Å². The van der Waals surface area contributed by atoms with Crippen LogP contribution in [0.4, 0.5) is 11.9 Å². The summed E-state index contributed by atoms with van der Waals surface area (Å²) >= 11 is 0. The van der Waals surface area contributed by atoms with Crippen LogP contribution >= 0.6 is 0 Å². The molecule has 21 heavy (non-hydrogen) atoms. The molecule has 1 aliphatic rings. The van der Waals surface area contributed by atoms with Gasteiger partial charge in [0.05, 0.1) is 12.6 Å². The van der Waals surface area contributed by atoms with Gasteiger partial charge in [0.2, 0.25) is 17.8 Å². The lowest BCUT2D eigenvalue weighted by Gasteiger charge is -2.27. The highest BCUT2D eigenvalue weighted by Gasteiger charge is 2.27. The van der Waals surface area contributed by atoms with Gasteiger partial charge < -0.3 is 21.1 Å². The molecule has 8 heteroatoms. The lowest BCUT2D eigenvalue weighted by Crippen LogP contribution is -2.41. The van der Waals surface area contributed by atoms with Crippen molar-refractivity contribution in [2.24, 2.45) is 5.73 Å². The van der Waals surface area contributed by atoms with Crippen LogP contribution in [-0.4, -0.2) is 39.5 Å². The Morgan fingerprint density at radius 2 is 2.00 bits per heavy atom. The number of primary amides is 1. The summed E-state index contributed by atoms with van der Waals surface area (Å²) in [6.45, 7) is 3.81. The third-order valence-electron chi connectivity index (χ3n) is 3.31. The zero-order valence-corrected chi connectivity index (χ0v) is 12.5. The number of rotatable bonds is 6. The molecule has 1 fully saturated rings. The predicted molar refractivity (Wildman–Crippen MR) is 78.8 cm³/mol. The molecule has 0 atom stereocenters. The number of nitrogens with zero attached hydrogens (tertiary/aromatic N) is 4. The number of hydrogen-bond acceptors (Lipinski definition) is 7. The lowest BCUT2D eigenvalue weighted by atomic mass is 10.2. The van der Waals surface area contributed by atoms with Crippen molar-refractivity contribution in [3.8, 4) is 6.01 Å². The average Bonchev–Trinajstić information content (AvgIpc) is 2.87. The van der Waals surface area contributed by atoms with E-state index in [-0.39, 0.29) is 30.6 Å². The third kappa shape index (κ3) is 4.17. The summed E-state index contributed by atoms with van der Waals surface area (Å²) in [6.07, 6.45) is 4.14. The topological polar surface area (TPSA) is 120 Å². The third-order valence-corrected chi connectivity index (χ3v) is 3.31. The summed E-state index contributed by atoms with van der Waals surface area (Å²) in [5.41, 5.74) is 11.1. The van der Waals surface area contributed by atoms with E-state index in [1.54, 1.807) is 4.90 Å².